The smallest absolute Gasteiger partial charge is 0.00672 e. The Balaban J connectivity index is 1.60. The van der Waals surface area contributed by atoms with Crippen LogP contribution in [0.1, 0.15) is 65.2 Å². The van der Waals surface area contributed by atoms with Crippen LogP contribution < -0.4 is 5.32 Å². The van der Waals surface area contributed by atoms with Gasteiger partial charge in [0.25, 0.3) is 0 Å². The predicted molar refractivity (Wildman–Crippen MR) is 83.5 cm³/mol. The van der Waals surface area contributed by atoms with Crippen LogP contribution in [0, 0.1) is 11.8 Å². The predicted octanol–water partition coefficient (Wildman–Crippen LogP) is 3.67. The number of hydrogen-bond acceptors (Lipinski definition) is 2. The quantitative estimate of drug-likeness (QED) is 0.764. The van der Waals surface area contributed by atoms with Crippen LogP contribution in [-0.2, 0) is 0 Å². The van der Waals surface area contributed by atoms with Crippen LogP contribution in [0.3, 0.4) is 0 Å². The maximum absolute atomic E-state index is 3.84. The van der Waals surface area contributed by atoms with Gasteiger partial charge in [0.1, 0.15) is 0 Å². The van der Waals surface area contributed by atoms with Gasteiger partial charge in [-0.2, -0.15) is 0 Å². The van der Waals surface area contributed by atoms with E-state index in [9.17, 15) is 0 Å². The van der Waals surface area contributed by atoms with Crippen LogP contribution in [-0.4, -0.2) is 37.1 Å². The molecule has 2 rings (SSSR count). The van der Waals surface area contributed by atoms with Crippen molar-refractivity contribution in [3.8, 4) is 0 Å². The highest BCUT2D eigenvalue weighted by Crippen LogP contribution is 2.22. The van der Waals surface area contributed by atoms with Gasteiger partial charge in [-0.25, -0.2) is 0 Å². The third kappa shape index (κ3) is 5.83. The van der Waals surface area contributed by atoms with Crippen molar-refractivity contribution in [2.75, 3.05) is 26.2 Å². The molecular formula is C17H34N2. The van der Waals surface area contributed by atoms with E-state index in [0.717, 1.165) is 17.9 Å². The second-order valence-corrected chi connectivity index (χ2v) is 7.19. The second kappa shape index (κ2) is 8.26. The van der Waals surface area contributed by atoms with E-state index in [-0.39, 0.29) is 0 Å². The van der Waals surface area contributed by atoms with E-state index < -0.39 is 0 Å². The fraction of sp³-hybridized carbons (Fsp3) is 1.00. The standard InChI is InChI=1S/C17H34N2/c1-15-7-6-8-17(10-9-15)18-13-16(2)14-19-11-4-3-5-12-19/h15-18H,3-14H2,1-2H3. The van der Waals surface area contributed by atoms with E-state index in [2.05, 4.69) is 24.1 Å². The molecule has 1 N–H and O–H groups in total. The van der Waals surface area contributed by atoms with E-state index in [1.54, 1.807) is 0 Å². The molecule has 0 aromatic rings. The number of piperidine rings is 1. The fourth-order valence-corrected chi connectivity index (χ4v) is 3.71. The number of nitrogens with zero attached hydrogens (tertiary/aromatic N) is 1. The zero-order chi connectivity index (χ0) is 13.5. The van der Waals surface area contributed by atoms with Crippen molar-refractivity contribution < 1.29 is 0 Å². The highest BCUT2D eigenvalue weighted by atomic mass is 15.1. The summed E-state index contributed by atoms with van der Waals surface area (Å²) in [6.07, 6.45) is 11.4. The van der Waals surface area contributed by atoms with Crippen LogP contribution in [0.4, 0.5) is 0 Å². The summed E-state index contributed by atoms with van der Waals surface area (Å²) in [4.78, 5) is 2.67. The zero-order valence-corrected chi connectivity index (χ0v) is 13.2. The molecule has 2 fully saturated rings. The summed E-state index contributed by atoms with van der Waals surface area (Å²) in [5.41, 5.74) is 0. The molecule has 1 heterocycles. The Hall–Kier alpha value is -0.0800. The van der Waals surface area contributed by atoms with Gasteiger partial charge < -0.3 is 10.2 Å². The molecule has 0 spiro atoms. The monoisotopic (exact) mass is 266 g/mol. The normalized spacial score (nSPS) is 31.9. The molecule has 2 nitrogen and oxygen atoms in total. The van der Waals surface area contributed by atoms with Crippen LogP contribution in [0.2, 0.25) is 0 Å². The van der Waals surface area contributed by atoms with Gasteiger partial charge in [0.15, 0.2) is 0 Å². The molecule has 3 atom stereocenters. The third-order valence-electron chi connectivity index (χ3n) is 5.03. The lowest BCUT2D eigenvalue weighted by atomic mass is 10.0. The first kappa shape index (κ1) is 15.3. The van der Waals surface area contributed by atoms with E-state index in [1.165, 1.54) is 77.5 Å². The maximum atomic E-state index is 3.84. The minimum absolute atomic E-state index is 0.800. The SMILES string of the molecule is CC1CCCC(NCC(C)CN2CCCCC2)CC1. The molecule has 0 radical (unpaired) electrons. The van der Waals surface area contributed by atoms with Gasteiger partial charge in [-0.3, -0.25) is 0 Å². The number of likely N-dealkylation sites (tertiary alicyclic amines) is 1. The molecule has 1 aliphatic heterocycles. The lowest BCUT2D eigenvalue weighted by molar-refractivity contribution is 0.196. The average Bonchev–Trinajstić information content (AvgIpc) is 2.62. The lowest BCUT2D eigenvalue weighted by Gasteiger charge is -2.30. The van der Waals surface area contributed by atoms with Gasteiger partial charge in [-0.05, 0) is 63.6 Å². The van der Waals surface area contributed by atoms with Crippen molar-refractivity contribution in [3.05, 3.63) is 0 Å². The topological polar surface area (TPSA) is 15.3 Å². The summed E-state index contributed by atoms with van der Waals surface area (Å²) in [5.74, 6) is 1.76. The fourth-order valence-electron chi connectivity index (χ4n) is 3.71. The van der Waals surface area contributed by atoms with Gasteiger partial charge >= 0.3 is 0 Å². The van der Waals surface area contributed by atoms with Crippen LogP contribution >= 0.6 is 0 Å². The number of rotatable bonds is 5. The average molecular weight is 266 g/mol. The molecule has 19 heavy (non-hydrogen) atoms. The Morgan fingerprint density at radius 1 is 1.00 bits per heavy atom. The van der Waals surface area contributed by atoms with Crippen LogP contribution in [0.25, 0.3) is 0 Å². The maximum Gasteiger partial charge on any atom is 0.00672 e. The molecule has 1 saturated heterocycles. The van der Waals surface area contributed by atoms with Crippen molar-refractivity contribution in [2.45, 2.75) is 71.3 Å². The molecule has 112 valence electrons. The Labute approximate surface area is 120 Å². The summed E-state index contributed by atoms with van der Waals surface area (Å²) < 4.78 is 0. The summed E-state index contributed by atoms with van der Waals surface area (Å²) in [5, 5.41) is 3.84. The molecular weight excluding hydrogens is 232 g/mol. The van der Waals surface area contributed by atoms with Gasteiger partial charge in [0, 0.05) is 12.6 Å². The van der Waals surface area contributed by atoms with E-state index >= 15 is 0 Å². The summed E-state index contributed by atoms with van der Waals surface area (Å²) in [6, 6.07) is 0.800. The molecule has 1 aliphatic carbocycles. The largest absolute Gasteiger partial charge is 0.314 e. The lowest BCUT2D eigenvalue weighted by Crippen LogP contribution is -2.39. The van der Waals surface area contributed by atoms with Crippen molar-refractivity contribution in [2.24, 2.45) is 11.8 Å². The van der Waals surface area contributed by atoms with Crippen LogP contribution in [0.15, 0.2) is 0 Å². The van der Waals surface area contributed by atoms with Gasteiger partial charge in [0.2, 0.25) is 0 Å². The first-order valence-electron chi connectivity index (χ1n) is 8.70. The molecule has 0 aromatic heterocycles. The van der Waals surface area contributed by atoms with E-state index in [4.69, 9.17) is 0 Å². The minimum Gasteiger partial charge on any atom is -0.314 e. The highest BCUT2D eigenvalue weighted by molar-refractivity contribution is 4.75. The van der Waals surface area contributed by atoms with E-state index in [0.29, 0.717) is 0 Å². The Kier molecular flexibility index (Phi) is 6.66. The molecule has 1 saturated carbocycles. The van der Waals surface area contributed by atoms with Crippen molar-refractivity contribution in [1.82, 2.24) is 10.2 Å². The molecule has 3 unspecified atom stereocenters. The zero-order valence-electron chi connectivity index (χ0n) is 13.2. The minimum atomic E-state index is 0.800. The van der Waals surface area contributed by atoms with Gasteiger partial charge in [0.05, 0.1) is 0 Å². The number of nitrogens with one attached hydrogen (secondary N) is 1. The Morgan fingerprint density at radius 3 is 2.58 bits per heavy atom. The molecule has 2 aliphatic rings. The summed E-state index contributed by atoms with van der Waals surface area (Å²) in [6.45, 7) is 10.0. The molecule has 0 amide bonds. The van der Waals surface area contributed by atoms with E-state index in [1.807, 2.05) is 0 Å². The van der Waals surface area contributed by atoms with Crippen LogP contribution in [0.5, 0.6) is 0 Å². The van der Waals surface area contributed by atoms with Gasteiger partial charge in [-0.1, -0.05) is 33.1 Å². The first-order chi connectivity index (χ1) is 9.24. The highest BCUT2D eigenvalue weighted by Gasteiger charge is 2.17. The summed E-state index contributed by atoms with van der Waals surface area (Å²) in [7, 11) is 0. The Morgan fingerprint density at radius 2 is 1.79 bits per heavy atom. The molecule has 2 heteroatoms. The summed E-state index contributed by atoms with van der Waals surface area (Å²) >= 11 is 0. The van der Waals surface area contributed by atoms with Crippen molar-refractivity contribution in [1.29, 1.82) is 0 Å². The first-order valence-corrected chi connectivity index (χ1v) is 8.70. The molecule has 0 bridgehead atoms. The van der Waals surface area contributed by atoms with Crippen molar-refractivity contribution in [3.63, 3.8) is 0 Å². The Bertz CT molecular complexity index is 235. The molecule has 0 aromatic carbocycles. The van der Waals surface area contributed by atoms with Gasteiger partial charge in [-0.15, -0.1) is 0 Å². The second-order valence-electron chi connectivity index (χ2n) is 7.19. The third-order valence-corrected chi connectivity index (χ3v) is 5.03. The number of hydrogen-bond donors (Lipinski definition) is 1. The van der Waals surface area contributed by atoms with Crippen molar-refractivity contribution >= 4 is 0 Å².